The fourth-order valence-electron chi connectivity index (χ4n) is 1.55. The van der Waals surface area contributed by atoms with E-state index < -0.39 is 0 Å². The van der Waals surface area contributed by atoms with Crippen LogP contribution in [0.25, 0.3) is 0 Å². The number of nitrogens with zero attached hydrogens (tertiary/aromatic N) is 1. The third kappa shape index (κ3) is 4.61. The van der Waals surface area contributed by atoms with E-state index in [1.807, 2.05) is 12.3 Å². The predicted molar refractivity (Wildman–Crippen MR) is 72.9 cm³/mol. The molecule has 1 rings (SSSR count). The smallest absolute Gasteiger partial charge is 0.0460 e. The summed E-state index contributed by atoms with van der Waals surface area (Å²) in [6.45, 7) is 14.5. The van der Waals surface area contributed by atoms with Crippen molar-refractivity contribution in [3.05, 3.63) is 41.7 Å². The molecule has 0 fully saturated rings. The lowest BCUT2D eigenvalue weighted by Crippen LogP contribution is -1.99. The van der Waals surface area contributed by atoms with E-state index >= 15 is 0 Å². The SMILES string of the molecule is C=CCc1ccnc(C(C)C)c1C.CCC. The summed E-state index contributed by atoms with van der Waals surface area (Å²) in [7, 11) is 0. The zero-order valence-electron chi connectivity index (χ0n) is 11.4. The Bertz CT molecular complexity index is 313. The normalized spacial score (nSPS) is 9.62. The average Bonchev–Trinajstić information content (AvgIpc) is 2.22. The maximum atomic E-state index is 4.39. The van der Waals surface area contributed by atoms with Crippen molar-refractivity contribution < 1.29 is 0 Å². The summed E-state index contributed by atoms with van der Waals surface area (Å²) in [6.07, 6.45) is 6.02. The van der Waals surface area contributed by atoms with Crippen molar-refractivity contribution in [2.45, 2.75) is 53.4 Å². The summed E-state index contributed by atoms with van der Waals surface area (Å²) >= 11 is 0. The van der Waals surface area contributed by atoms with Gasteiger partial charge in [-0.05, 0) is 36.5 Å². The van der Waals surface area contributed by atoms with E-state index in [2.05, 4.69) is 52.2 Å². The number of pyridine rings is 1. The summed E-state index contributed by atoms with van der Waals surface area (Å²) in [5.41, 5.74) is 3.87. The molecule has 1 nitrogen and oxygen atoms in total. The Morgan fingerprint density at radius 3 is 2.38 bits per heavy atom. The van der Waals surface area contributed by atoms with Gasteiger partial charge in [0.15, 0.2) is 0 Å². The van der Waals surface area contributed by atoms with Crippen molar-refractivity contribution in [1.29, 1.82) is 0 Å². The van der Waals surface area contributed by atoms with E-state index in [1.165, 1.54) is 23.2 Å². The van der Waals surface area contributed by atoms with E-state index in [4.69, 9.17) is 0 Å². The fourth-order valence-corrected chi connectivity index (χ4v) is 1.55. The second-order valence-corrected chi connectivity index (χ2v) is 4.33. The van der Waals surface area contributed by atoms with Crippen LogP contribution in [0.15, 0.2) is 24.9 Å². The summed E-state index contributed by atoms with van der Waals surface area (Å²) in [5.74, 6) is 0.504. The van der Waals surface area contributed by atoms with Gasteiger partial charge >= 0.3 is 0 Å². The van der Waals surface area contributed by atoms with E-state index in [0.717, 1.165) is 6.42 Å². The van der Waals surface area contributed by atoms with Crippen LogP contribution in [0.1, 0.15) is 56.9 Å². The monoisotopic (exact) mass is 219 g/mol. The highest BCUT2D eigenvalue weighted by atomic mass is 14.7. The lowest BCUT2D eigenvalue weighted by atomic mass is 9.99. The second kappa shape index (κ2) is 8.09. The molecule has 16 heavy (non-hydrogen) atoms. The van der Waals surface area contributed by atoms with Gasteiger partial charge in [0.05, 0.1) is 0 Å². The van der Waals surface area contributed by atoms with Crippen molar-refractivity contribution in [2.75, 3.05) is 0 Å². The molecule has 0 unspecified atom stereocenters. The van der Waals surface area contributed by atoms with Gasteiger partial charge in [-0.15, -0.1) is 6.58 Å². The summed E-state index contributed by atoms with van der Waals surface area (Å²) < 4.78 is 0. The van der Waals surface area contributed by atoms with Crippen LogP contribution < -0.4 is 0 Å². The van der Waals surface area contributed by atoms with Gasteiger partial charge in [-0.2, -0.15) is 0 Å². The summed E-state index contributed by atoms with van der Waals surface area (Å²) in [5, 5.41) is 0. The van der Waals surface area contributed by atoms with Gasteiger partial charge < -0.3 is 0 Å². The fraction of sp³-hybridized carbons (Fsp3) is 0.533. The van der Waals surface area contributed by atoms with Crippen LogP contribution in [0.2, 0.25) is 0 Å². The topological polar surface area (TPSA) is 12.9 Å². The largest absolute Gasteiger partial charge is 0.261 e. The van der Waals surface area contributed by atoms with Crippen molar-refractivity contribution >= 4 is 0 Å². The van der Waals surface area contributed by atoms with Crippen LogP contribution >= 0.6 is 0 Å². The van der Waals surface area contributed by atoms with Crippen molar-refractivity contribution in [1.82, 2.24) is 4.98 Å². The molecule has 0 bridgehead atoms. The van der Waals surface area contributed by atoms with E-state index in [1.54, 1.807) is 0 Å². The Kier molecular flexibility index (Phi) is 7.53. The predicted octanol–water partition coefficient (Wildman–Crippen LogP) is 4.66. The lowest BCUT2D eigenvalue weighted by Gasteiger charge is -2.11. The van der Waals surface area contributed by atoms with Crippen LogP contribution in [0.3, 0.4) is 0 Å². The van der Waals surface area contributed by atoms with Crippen LogP contribution in [0, 0.1) is 6.92 Å². The highest BCUT2D eigenvalue weighted by molar-refractivity contribution is 5.31. The quantitative estimate of drug-likeness (QED) is 0.674. The van der Waals surface area contributed by atoms with Crippen molar-refractivity contribution in [3.63, 3.8) is 0 Å². The van der Waals surface area contributed by atoms with E-state index in [9.17, 15) is 0 Å². The maximum absolute atomic E-state index is 4.39. The molecule has 0 aromatic carbocycles. The van der Waals surface area contributed by atoms with Gasteiger partial charge in [0.25, 0.3) is 0 Å². The van der Waals surface area contributed by atoms with E-state index in [0.29, 0.717) is 5.92 Å². The molecule has 1 aromatic heterocycles. The molecule has 0 aliphatic heterocycles. The van der Waals surface area contributed by atoms with Gasteiger partial charge in [0.2, 0.25) is 0 Å². The molecule has 0 N–H and O–H groups in total. The molecule has 0 radical (unpaired) electrons. The van der Waals surface area contributed by atoms with Gasteiger partial charge in [-0.1, -0.05) is 40.2 Å². The minimum Gasteiger partial charge on any atom is -0.261 e. The molecule has 0 saturated heterocycles. The zero-order valence-corrected chi connectivity index (χ0v) is 11.4. The Balaban J connectivity index is 0.000000673. The van der Waals surface area contributed by atoms with Crippen LogP contribution in [0.4, 0.5) is 0 Å². The Labute approximate surface area is 101 Å². The minimum absolute atomic E-state index is 0.504. The van der Waals surface area contributed by atoms with Crippen LogP contribution in [-0.2, 0) is 6.42 Å². The molecule has 1 heteroatoms. The Morgan fingerprint density at radius 2 is 1.94 bits per heavy atom. The molecule has 1 heterocycles. The average molecular weight is 219 g/mol. The van der Waals surface area contributed by atoms with Crippen LogP contribution in [-0.4, -0.2) is 4.98 Å². The van der Waals surface area contributed by atoms with Crippen molar-refractivity contribution in [2.24, 2.45) is 0 Å². The molecular formula is C15H25N. The van der Waals surface area contributed by atoms with Gasteiger partial charge in [-0.25, -0.2) is 0 Å². The molecule has 0 saturated carbocycles. The first-order chi connectivity index (χ1) is 7.58. The molecule has 0 aliphatic carbocycles. The molecule has 0 amide bonds. The molecule has 1 aromatic rings. The minimum atomic E-state index is 0.504. The second-order valence-electron chi connectivity index (χ2n) is 4.33. The first kappa shape index (κ1) is 14.9. The number of rotatable bonds is 3. The third-order valence-electron chi connectivity index (χ3n) is 2.27. The first-order valence-electron chi connectivity index (χ1n) is 6.13. The molecule has 0 atom stereocenters. The number of hydrogen-bond acceptors (Lipinski definition) is 1. The number of hydrogen-bond donors (Lipinski definition) is 0. The summed E-state index contributed by atoms with van der Waals surface area (Å²) in [6, 6.07) is 2.07. The molecule has 0 aliphatic rings. The van der Waals surface area contributed by atoms with Gasteiger partial charge in [0, 0.05) is 11.9 Å². The molecule has 0 spiro atoms. The first-order valence-corrected chi connectivity index (χ1v) is 6.13. The van der Waals surface area contributed by atoms with E-state index in [-0.39, 0.29) is 0 Å². The third-order valence-corrected chi connectivity index (χ3v) is 2.27. The van der Waals surface area contributed by atoms with Gasteiger partial charge in [-0.3, -0.25) is 4.98 Å². The standard InChI is InChI=1S/C12H17N.C3H8/c1-5-6-11-7-8-13-12(9(2)3)10(11)4;1-3-2/h5,7-9H,1,6H2,2-4H3;3H2,1-2H3. The van der Waals surface area contributed by atoms with Crippen molar-refractivity contribution in [3.8, 4) is 0 Å². The number of aromatic nitrogens is 1. The Hall–Kier alpha value is -1.11. The molecular weight excluding hydrogens is 194 g/mol. The zero-order chi connectivity index (χ0) is 12.6. The number of allylic oxidation sites excluding steroid dienone is 1. The summed E-state index contributed by atoms with van der Waals surface area (Å²) in [4.78, 5) is 4.39. The van der Waals surface area contributed by atoms with Gasteiger partial charge in [0.1, 0.15) is 0 Å². The van der Waals surface area contributed by atoms with Crippen LogP contribution in [0.5, 0.6) is 0 Å². The maximum Gasteiger partial charge on any atom is 0.0460 e. The highest BCUT2D eigenvalue weighted by Gasteiger charge is 2.07. The lowest BCUT2D eigenvalue weighted by molar-refractivity contribution is 0.806. The Morgan fingerprint density at radius 1 is 1.38 bits per heavy atom. The molecule has 90 valence electrons. The highest BCUT2D eigenvalue weighted by Crippen LogP contribution is 2.19.